The smallest absolute Gasteiger partial charge is 0.255 e. The van der Waals surface area contributed by atoms with Gasteiger partial charge in [0.25, 0.3) is 5.91 Å². The van der Waals surface area contributed by atoms with Gasteiger partial charge in [0.05, 0.1) is 30.3 Å². The molecule has 0 saturated carbocycles. The molecule has 0 spiro atoms. The monoisotopic (exact) mass is 386 g/mol. The number of carbonyl (C=O) groups excluding carboxylic acids is 1. The van der Waals surface area contributed by atoms with Crippen LogP contribution < -0.4 is 27.0 Å². The van der Waals surface area contributed by atoms with Gasteiger partial charge in [-0.15, -0.1) is 0 Å². The fourth-order valence-corrected chi connectivity index (χ4v) is 2.99. The molecule has 7 N–H and O–H groups in total. The summed E-state index contributed by atoms with van der Waals surface area (Å²) >= 11 is 0. The van der Waals surface area contributed by atoms with E-state index in [0.29, 0.717) is 34.6 Å². The van der Waals surface area contributed by atoms with Gasteiger partial charge in [-0.1, -0.05) is 0 Å². The van der Waals surface area contributed by atoms with E-state index in [1.807, 2.05) is 0 Å². The molecule has 0 aliphatic carbocycles. The Bertz CT molecular complexity index is 778. The van der Waals surface area contributed by atoms with Crippen LogP contribution in [-0.2, 0) is 0 Å². The molecule has 28 heavy (non-hydrogen) atoms. The Morgan fingerprint density at radius 1 is 1.18 bits per heavy atom. The van der Waals surface area contributed by atoms with Crippen LogP contribution in [-0.4, -0.2) is 58.8 Å². The Hall–Kier alpha value is -2.98. The van der Waals surface area contributed by atoms with Crippen molar-refractivity contribution in [3.63, 3.8) is 0 Å². The highest BCUT2D eigenvalue weighted by molar-refractivity contribution is 5.99. The molecule has 1 saturated heterocycles. The molecule has 0 bridgehead atoms. The minimum Gasteiger partial charge on any atom is -0.395 e. The number of rotatable bonds is 8. The van der Waals surface area contributed by atoms with Crippen molar-refractivity contribution >= 4 is 29.0 Å². The van der Waals surface area contributed by atoms with Crippen LogP contribution in [0, 0.1) is 5.92 Å². The normalized spacial score (nSPS) is 14.5. The zero-order valence-electron chi connectivity index (χ0n) is 15.6. The molecule has 0 aromatic carbocycles. The van der Waals surface area contributed by atoms with Gasteiger partial charge in [-0.3, -0.25) is 4.79 Å². The molecule has 10 nitrogen and oxygen atoms in total. The maximum atomic E-state index is 12.4. The van der Waals surface area contributed by atoms with Crippen LogP contribution >= 0.6 is 0 Å². The molecule has 0 radical (unpaired) electrons. The first-order valence-corrected chi connectivity index (χ1v) is 9.34. The summed E-state index contributed by atoms with van der Waals surface area (Å²) in [5, 5.41) is 21.4. The van der Waals surface area contributed by atoms with E-state index in [1.54, 1.807) is 6.07 Å². The number of aliphatic hydroxyl groups excluding tert-OH is 1. The molecular weight excluding hydrogens is 360 g/mol. The van der Waals surface area contributed by atoms with E-state index in [1.165, 1.54) is 18.6 Å². The van der Waals surface area contributed by atoms with Gasteiger partial charge in [-0.25, -0.2) is 15.0 Å². The summed E-state index contributed by atoms with van der Waals surface area (Å²) in [6.07, 6.45) is 6.66. The van der Waals surface area contributed by atoms with Gasteiger partial charge >= 0.3 is 0 Å². The predicted molar refractivity (Wildman–Crippen MR) is 107 cm³/mol. The molecule has 2 aromatic rings. The summed E-state index contributed by atoms with van der Waals surface area (Å²) < 4.78 is 0. The fourth-order valence-electron chi connectivity index (χ4n) is 2.99. The third-order valence-electron chi connectivity index (χ3n) is 4.51. The van der Waals surface area contributed by atoms with Crippen molar-refractivity contribution in [1.82, 2.24) is 25.6 Å². The first-order valence-electron chi connectivity index (χ1n) is 9.34. The minimum absolute atomic E-state index is 0.119. The highest BCUT2D eigenvalue weighted by Crippen LogP contribution is 2.22. The van der Waals surface area contributed by atoms with Crippen molar-refractivity contribution < 1.29 is 9.90 Å². The largest absolute Gasteiger partial charge is 0.395 e. The molecule has 2 aromatic heterocycles. The molecule has 3 rings (SSSR count). The van der Waals surface area contributed by atoms with E-state index in [0.717, 1.165) is 32.5 Å². The molecule has 0 unspecified atom stereocenters. The van der Waals surface area contributed by atoms with Crippen molar-refractivity contribution in [3.8, 4) is 0 Å². The lowest BCUT2D eigenvalue weighted by molar-refractivity contribution is 0.0945. The summed E-state index contributed by atoms with van der Waals surface area (Å²) in [6, 6.07) is 1.77. The number of hydrogen-bond donors (Lipinski definition) is 6. The average Bonchev–Trinajstić information content (AvgIpc) is 2.73. The lowest BCUT2D eigenvalue weighted by Crippen LogP contribution is -2.32. The van der Waals surface area contributed by atoms with E-state index in [9.17, 15) is 4.79 Å². The van der Waals surface area contributed by atoms with Crippen molar-refractivity contribution in [2.75, 3.05) is 49.2 Å². The van der Waals surface area contributed by atoms with Crippen LogP contribution in [0.2, 0.25) is 0 Å². The molecule has 3 heterocycles. The molecule has 1 aliphatic heterocycles. The Balaban J connectivity index is 1.76. The second-order valence-electron chi connectivity index (χ2n) is 6.62. The van der Waals surface area contributed by atoms with E-state index in [-0.39, 0.29) is 19.1 Å². The SMILES string of the molecule is Nc1cnc(Nc2cc(NCC3CCNCC3)c(C(=O)NCCO)cn2)cn1. The standard InChI is InChI=1S/C18H26N8O2/c19-15-10-25-17(11-23-15)26-16-7-14(22-8-12-1-3-20-4-2-12)13(9-24-16)18(28)21-5-6-27/h7,9-12,20,27H,1-6,8H2,(H2,19,23)(H,21,28)(H2,22,24,25,26). The predicted octanol–water partition coefficient (Wildman–Crippen LogP) is 0.331. The number of nitrogens with zero attached hydrogens (tertiary/aromatic N) is 3. The molecule has 1 amide bonds. The maximum Gasteiger partial charge on any atom is 0.255 e. The zero-order valence-corrected chi connectivity index (χ0v) is 15.6. The number of pyridine rings is 1. The fraction of sp³-hybridized carbons (Fsp3) is 0.444. The highest BCUT2D eigenvalue weighted by Gasteiger charge is 2.17. The Morgan fingerprint density at radius 3 is 2.68 bits per heavy atom. The number of nitrogens with two attached hydrogens (primary N) is 1. The first kappa shape index (κ1) is 19.8. The second-order valence-corrected chi connectivity index (χ2v) is 6.62. The number of piperidine rings is 1. The average molecular weight is 386 g/mol. The number of aromatic nitrogens is 3. The minimum atomic E-state index is -0.284. The number of nitrogen functional groups attached to an aromatic ring is 1. The first-order chi connectivity index (χ1) is 13.7. The van der Waals surface area contributed by atoms with Crippen LogP contribution in [0.4, 0.5) is 23.1 Å². The molecule has 1 aliphatic rings. The van der Waals surface area contributed by atoms with Gasteiger partial charge in [-0.2, -0.15) is 0 Å². The second kappa shape index (κ2) is 9.81. The number of carbonyl (C=O) groups is 1. The molecule has 150 valence electrons. The number of nitrogens with one attached hydrogen (secondary N) is 4. The topological polar surface area (TPSA) is 150 Å². The van der Waals surface area contributed by atoms with Gasteiger partial charge < -0.3 is 32.1 Å². The van der Waals surface area contributed by atoms with Crippen LogP contribution in [0.5, 0.6) is 0 Å². The van der Waals surface area contributed by atoms with Gasteiger partial charge in [0.15, 0.2) is 0 Å². The third kappa shape index (κ3) is 5.51. The zero-order chi connectivity index (χ0) is 19.8. The van der Waals surface area contributed by atoms with Crippen molar-refractivity contribution in [2.45, 2.75) is 12.8 Å². The van der Waals surface area contributed by atoms with Gasteiger partial charge in [-0.05, 0) is 31.8 Å². The number of amides is 1. The summed E-state index contributed by atoms with van der Waals surface area (Å²) in [6.45, 7) is 2.86. The van der Waals surface area contributed by atoms with Crippen LogP contribution in [0.15, 0.2) is 24.7 Å². The number of anilines is 4. The van der Waals surface area contributed by atoms with Crippen LogP contribution in [0.1, 0.15) is 23.2 Å². The lowest BCUT2D eigenvalue weighted by Gasteiger charge is -2.24. The number of hydrogen-bond acceptors (Lipinski definition) is 9. The Labute approximate surface area is 163 Å². The van der Waals surface area contributed by atoms with Crippen LogP contribution in [0.3, 0.4) is 0 Å². The summed E-state index contributed by atoms with van der Waals surface area (Å²) in [4.78, 5) is 24.8. The summed E-state index contributed by atoms with van der Waals surface area (Å²) in [7, 11) is 0. The number of aliphatic hydroxyl groups is 1. The molecule has 1 fully saturated rings. The van der Waals surface area contributed by atoms with E-state index >= 15 is 0 Å². The Kier molecular flexibility index (Phi) is 6.93. The van der Waals surface area contributed by atoms with Crippen LogP contribution in [0.25, 0.3) is 0 Å². The van der Waals surface area contributed by atoms with Gasteiger partial charge in [0, 0.05) is 25.4 Å². The van der Waals surface area contributed by atoms with Gasteiger partial charge in [0.2, 0.25) is 0 Å². The van der Waals surface area contributed by atoms with E-state index in [2.05, 4.69) is 36.2 Å². The summed E-state index contributed by atoms with van der Waals surface area (Å²) in [5.74, 6) is 1.63. The van der Waals surface area contributed by atoms with Crippen molar-refractivity contribution in [2.24, 2.45) is 5.92 Å². The molecule has 0 atom stereocenters. The van der Waals surface area contributed by atoms with Crippen molar-refractivity contribution in [1.29, 1.82) is 0 Å². The van der Waals surface area contributed by atoms with Gasteiger partial charge in [0.1, 0.15) is 17.5 Å². The van der Waals surface area contributed by atoms with Crippen molar-refractivity contribution in [3.05, 3.63) is 30.2 Å². The lowest BCUT2D eigenvalue weighted by atomic mass is 9.98. The molecular formula is C18H26N8O2. The molecule has 10 heteroatoms. The third-order valence-corrected chi connectivity index (χ3v) is 4.51. The highest BCUT2D eigenvalue weighted by atomic mass is 16.3. The quantitative estimate of drug-likeness (QED) is 0.377. The van der Waals surface area contributed by atoms with E-state index < -0.39 is 0 Å². The Morgan fingerprint density at radius 2 is 1.96 bits per heavy atom. The maximum absolute atomic E-state index is 12.4. The summed E-state index contributed by atoms with van der Waals surface area (Å²) in [5.41, 5.74) is 6.66. The van der Waals surface area contributed by atoms with E-state index in [4.69, 9.17) is 10.8 Å².